The number of Topliss-reactive ketones (excluding diaryl/α,β-unsaturated/α-hetero) is 1. The molecular formula is C32H27IN2O5. The minimum atomic E-state index is -0.670. The Morgan fingerprint density at radius 3 is 2.48 bits per heavy atom. The molecule has 3 aromatic rings. The fourth-order valence-electron chi connectivity index (χ4n) is 5.20. The molecule has 0 saturated heterocycles. The van der Waals surface area contributed by atoms with Gasteiger partial charge in [-0.05, 0) is 67.1 Å². The first-order valence-corrected chi connectivity index (χ1v) is 14.1. The number of ketones is 1. The number of nitrogens with one attached hydrogen (secondary N) is 1. The van der Waals surface area contributed by atoms with Gasteiger partial charge in [-0.2, -0.15) is 5.26 Å². The number of dihydropyridines is 1. The molecule has 0 saturated carbocycles. The Morgan fingerprint density at radius 2 is 1.75 bits per heavy atom. The van der Waals surface area contributed by atoms with E-state index in [0.29, 0.717) is 51.8 Å². The highest BCUT2D eigenvalue weighted by atomic mass is 127. The number of carbonyl (C=O) groups is 2. The van der Waals surface area contributed by atoms with Crippen LogP contribution >= 0.6 is 22.6 Å². The standard InChI is InChI=1S/C32H27IN2O5/c1-4-38-25-15-21(14-24(33)31(25)40-17-20-11-7-6-10-19(20)16-34)27-26(32(37)39-5-2)18(3)35-29-22-12-8-9-13-23(22)30(36)28(27)29/h6-15,27,35H,4-5,17H2,1-3H3/t27-/m1/s1. The van der Waals surface area contributed by atoms with E-state index in [-0.39, 0.29) is 19.0 Å². The fraction of sp³-hybridized carbons (Fsp3) is 0.219. The van der Waals surface area contributed by atoms with E-state index < -0.39 is 11.9 Å². The molecule has 1 aliphatic heterocycles. The van der Waals surface area contributed by atoms with Crippen LogP contribution in [0.3, 0.4) is 0 Å². The number of esters is 1. The molecule has 5 rings (SSSR count). The van der Waals surface area contributed by atoms with Crippen molar-refractivity contribution in [2.45, 2.75) is 33.3 Å². The number of nitrogens with zero attached hydrogens (tertiary/aromatic N) is 1. The van der Waals surface area contributed by atoms with Crippen LogP contribution in [0.1, 0.15) is 59.3 Å². The van der Waals surface area contributed by atoms with Crippen LogP contribution in [0.2, 0.25) is 0 Å². The smallest absolute Gasteiger partial charge is 0.336 e. The van der Waals surface area contributed by atoms with Crippen molar-refractivity contribution in [1.29, 1.82) is 5.26 Å². The first-order chi connectivity index (χ1) is 19.4. The third-order valence-corrected chi connectivity index (χ3v) is 7.72. The van der Waals surface area contributed by atoms with Gasteiger partial charge in [0, 0.05) is 33.9 Å². The van der Waals surface area contributed by atoms with Crippen LogP contribution < -0.4 is 14.8 Å². The van der Waals surface area contributed by atoms with E-state index >= 15 is 0 Å². The molecule has 0 amide bonds. The minimum absolute atomic E-state index is 0.126. The van der Waals surface area contributed by atoms with Crippen molar-refractivity contribution < 1.29 is 23.8 Å². The van der Waals surface area contributed by atoms with Crippen LogP contribution in [-0.2, 0) is 16.1 Å². The van der Waals surface area contributed by atoms with Gasteiger partial charge in [0.1, 0.15) is 6.61 Å². The zero-order valence-electron chi connectivity index (χ0n) is 22.3. The molecule has 0 radical (unpaired) electrons. The van der Waals surface area contributed by atoms with E-state index in [1.165, 1.54) is 0 Å². The van der Waals surface area contributed by atoms with Gasteiger partial charge in [0.2, 0.25) is 0 Å². The van der Waals surface area contributed by atoms with E-state index in [1.807, 2.05) is 62.4 Å². The molecule has 1 aliphatic carbocycles. The number of ether oxygens (including phenoxy) is 3. The molecule has 0 unspecified atom stereocenters. The third-order valence-electron chi connectivity index (χ3n) is 6.92. The largest absolute Gasteiger partial charge is 0.490 e. The number of nitriles is 1. The number of rotatable bonds is 8. The lowest BCUT2D eigenvalue weighted by Gasteiger charge is -2.30. The van der Waals surface area contributed by atoms with Crippen molar-refractivity contribution in [3.05, 3.63) is 109 Å². The second-order valence-corrected chi connectivity index (χ2v) is 10.5. The van der Waals surface area contributed by atoms with Crippen molar-refractivity contribution in [2.75, 3.05) is 13.2 Å². The molecule has 1 heterocycles. The second kappa shape index (κ2) is 11.6. The maximum absolute atomic E-state index is 13.8. The Morgan fingerprint density at radius 1 is 1.02 bits per heavy atom. The van der Waals surface area contributed by atoms with Gasteiger partial charge in [-0.1, -0.05) is 42.5 Å². The molecule has 2 aliphatic rings. The third kappa shape index (κ3) is 4.86. The van der Waals surface area contributed by atoms with Gasteiger partial charge in [0.15, 0.2) is 17.3 Å². The van der Waals surface area contributed by atoms with E-state index in [1.54, 1.807) is 19.1 Å². The van der Waals surface area contributed by atoms with Crippen molar-refractivity contribution in [3.63, 3.8) is 0 Å². The SMILES string of the molecule is CCOC(=O)C1=C(C)NC2=C(C(=O)c3ccccc32)[C@@H]1c1cc(I)c(OCc2ccccc2C#N)c(OCC)c1. The summed E-state index contributed by atoms with van der Waals surface area (Å²) in [5, 5.41) is 12.8. The summed E-state index contributed by atoms with van der Waals surface area (Å²) in [6, 6.07) is 20.7. The Kier molecular flexibility index (Phi) is 7.94. The Labute approximate surface area is 246 Å². The number of carbonyl (C=O) groups excluding carboxylic acids is 2. The number of hydrogen-bond acceptors (Lipinski definition) is 7. The molecule has 1 N–H and O–H groups in total. The molecule has 202 valence electrons. The number of fused-ring (bicyclic) bond motifs is 2. The van der Waals surface area contributed by atoms with Gasteiger partial charge in [0.05, 0.1) is 39.7 Å². The lowest BCUT2D eigenvalue weighted by molar-refractivity contribution is -0.138. The average Bonchev–Trinajstić information content (AvgIpc) is 3.23. The maximum atomic E-state index is 13.8. The van der Waals surface area contributed by atoms with Crippen molar-refractivity contribution >= 4 is 40.0 Å². The molecule has 40 heavy (non-hydrogen) atoms. The maximum Gasteiger partial charge on any atom is 0.336 e. The average molecular weight is 646 g/mol. The van der Waals surface area contributed by atoms with E-state index in [4.69, 9.17) is 14.2 Å². The predicted molar refractivity (Wildman–Crippen MR) is 159 cm³/mol. The van der Waals surface area contributed by atoms with Crippen LogP contribution in [0.15, 0.2) is 77.5 Å². The minimum Gasteiger partial charge on any atom is -0.490 e. The molecular weight excluding hydrogens is 619 g/mol. The number of benzene rings is 3. The van der Waals surface area contributed by atoms with Gasteiger partial charge in [0.25, 0.3) is 0 Å². The molecule has 0 aromatic heterocycles. The van der Waals surface area contributed by atoms with Gasteiger partial charge in [-0.25, -0.2) is 4.79 Å². The van der Waals surface area contributed by atoms with Gasteiger partial charge >= 0.3 is 5.97 Å². The van der Waals surface area contributed by atoms with Crippen LogP contribution in [0.4, 0.5) is 0 Å². The second-order valence-electron chi connectivity index (χ2n) is 9.30. The Hall–Kier alpha value is -4.10. The summed E-state index contributed by atoms with van der Waals surface area (Å²) in [4.78, 5) is 27.1. The number of halogens is 1. The van der Waals surface area contributed by atoms with Crippen molar-refractivity contribution in [2.24, 2.45) is 0 Å². The number of hydrogen-bond donors (Lipinski definition) is 1. The Balaban J connectivity index is 1.62. The molecule has 0 fully saturated rings. The first kappa shape index (κ1) is 27.5. The van der Waals surface area contributed by atoms with Crippen LogP contribution in [0.25, 0.3) is 5.70 Å². The summed E-state index contributed by atoms with van der Waals surface area (Å²) in [5.74, 6) is -0.255. The molecule has 1 atom stereocenters. The summed E-state index contributed by atoms with van der Waals surface area (Å²) < 4.78 is 18.4. The van der Waals surface area contributed by atoms with Crippen molar-refractivity contribution in [3.8, 4) is 17.6 Å². The molecule has 3 aromatic carbocycles. The molecule has 7 nitrogen and oxygen atoms in total. The van der Waals surface area contributed by atoms with Crippen LogP contribution in [0, 0.1) is 14.9 Å². The molecule has 8 heteroatoms. The fourth-order valence-corrected chi connectivity index (χ4v) is 5.99. The molecule has 0 spiro atoms. The zero-order valence-corrected chi connectivity index (χ0v) is 24.5. The summed E-state index contributed by atoms with van der Waals surface area (Å²) in [7, 11) is 0. The first-order valence-electron chi connectivity index (χ1n) is 13.0. The highest BCUT2D eigenvalue weighted by Crippen LogP contribution is 2.49. The lowest BCUT2D eigenvalue weighted by Crippen LogP contribution is -2.29. The quantitative estimate of drug-likeness (QED) is 0.228. The van der Waals surface area contributed by atoms with Crippen LogP contribution in [0.5, 0.6) is 11.5 Å². The van der Waals surface area contributed by atoms with Gasteiger partial charge < -0.3 is 19.5 Å². The summed E-state index contributed by atoms with van der Waals surface area (Å²) in [6.07, 6.45) is 0. The normalized spacial score (nSPS) is 15.7. The predicted octanol–water partition coefficient (Wildman–Crippen LogP) is 6.27. The van der Waals surface area contributed by atoms with E-state index in [9.17, 15) is 14.9 Å². The van der Waals surface area contributed by atoms with Gasteiger partial charge in [-0.3, -0.25) is 4.79 Å². The van der Waals surface area contributed by atoms with E-state index in [0.717, 1.165) is 20.3 Å². The molecule has 0 bridgehead atoms. The highest BCUT2D eigenvalue weighted by Gasteiger charge is 2.43. The summed E-state index contributed by atoms with van der Waals surface area (Å²) in [6.45, 7) is 6.24. The lowest BCUT2D eigenvalue weighted by atomic mass is 9.79. The van der Waals surface area contributed by atoms with Crippen LogP contribution in [-0.4, -0.2) is 25.0 Å². The zero-order chi connectivity index (χ0) is 28.4. The highest BCUT2D eigenvalue weighted by molar-refractivity contribution is 14.1. The van der Waals surface area contributed by atoms with Crippen molar-refractivity contribution in [1.82, 2.24) is 5.32 Å². The summed E-state index contributed by atoms with van der Waals surface area (Å²) >= 11 is 2.18. The number of allylic oxidation sites excluding steroid dienone is 2. The monoisotopic (exact) mass is 646 g/mol. The summed E-state index contributed by atoms with van der Waals surface area (Å²) in [5.41, 5.74) is 5.66. The van der Waals surface area contributed by atoms with E-state index in [2.05, 4.69) is 34.0 Å². The Bertz CT molecular complexity index is 1630. The topological polar surface area (TPSA) is 97.6 Å². The van der Waals surface area contributed by atoms with Gasteiger partial charge in [-0.15, -0.1) is 0 Å².